The van der Waals surface area contributed by atoms with Crippen LogP contribution in [0.5, 0.6) is 0 Å². The lowest BCUT2D eigenvalue weighted by molar-refractivity contribution is 0.0367. The number of hydrogen-bond acceptors (Lipinski definition) is 3. The predicted molar refractivity (Wildman–Crippen MR) is 81.6 cm³/mol. The number of nitrogens with zero attached hydrogens (tertiary/aromatic N) is 3. The fourth-order valence-corrected chi connectivity index (χ4v) is 1.81. The van der Waals surface area contributed by atoms with E-state index in [0.29, 0.717) is 19.0 Å². The molecule has 0 aromatic carbocycles. The van der Waals surface area contributed by atoms with Crippen LogP contribution in [0.25, 0.3) is 0 Å². The number of nitrogens with one attached hydrogen (secondary N) is 2. The van der Waals surface area contributed by atoms with Crippen LogP contribution in [0.15, 0.2) is 17.3 Å². The number of aliphatic hydroxyl groups is 1. The molecule has 0 aliphatic carbocycles. The largest absolute Gasteiger partial charge is 0.388 e. The topological polar surface area (TPSA) is 74.5 Å². The molecule has 1 aromatic rings. The molecule has 3 N–H and O–H groups in total. The summed E-state index contributed by atoms with van der Waals surface area (Å²) in [4.78, 5) is 4.51. The number of aliphatic imine (C=N–C) groups is 1. The Morgan fingerprint density at radius 2 is 2.05 bits per heavy atom. The molecular formula is C14H27N5O. The summed E-state index contributed by atoms with van der Waals surface area (Å²) in [6.45, 7) is 7.84. The molecule has 114 valence electrons. The number of aromatic nitrogens is 2. The van der Waals surface area contributed by atoms with Gasteiger partial charge in [-0.3, -0.25) is 4.68 Å². The van der Waals surface area contributed by atoms with Gasteiger partial charge in [-0.1, -0.05) is 13.8 Å². The Hall–Kier alpha value is -1.56. The van der Waals surface area contributed by atoms with Gasteiger partial charge in [0, 0.05) is 26.3 Å². The molecule has 0 amide bonds. The van der Waals surface area contributed by atoms with Gasteiger partial charge in [-0.25, -0.2) is 4.99 Å². The summed E-state index contributed by atoms with van der Waals surface area (Å²) in [6.07, 6.45) is 3.20. The summed E-state index contributed by atoms with van der Waals surface area (Å²) >= 11 is 0. The highest BCUT2D eigenvalue weighted by atomic mass is 16.3. The molecular weight excluding hydrogens is 254 g/mol. The van der Waals surface area contributed by atoms with Crippen molar-refractivity contribution in [3.05, 3.63) is 18.0 Å². The minimum Gasteiger partial charge on any atom is -0.388 e. The van der Waals surface area contributed by atoms with Crippen LogP contribution in [-0.4, -0.2) is 39.5 Å². The zero-order chi connectivity index (χ0) is 15.0. The fraction of sp³-hybridized carbons (Fsp3) is 0.714. The van der Waals surface area contributed by atoms with Crippen LogP contribution < -0.4 is 10.6 Å². The second-order valence-electron chi connectivity index (χ2n) is 4.93. The van der Waals surface area contributed by atoms with Gasteiger partial charge in [-0.15, -0.1) is 0 Å². The van der Waals surface area contributed by atoms with Crippen molar-refractivity contribution in [2.24, 2.45) is 12.0 Å². The second-order valence-corrected chi connectivity index (χ2v) is 4.93. The number of aryl methyl sites for hydroxylation is 1. The Kier molecular flexibility index (Phi) is 6.51. The van der Waals surface area contributed by atoms with Crippen molar-refractivity contribution in [3.63, 3.8) is 0 Å². The van der Waals surface area contributed by atoms with Crippen molar-refractivity contribution in [1.82, 2.24) is 20.4 Å². The van der Waals surface area contributed by atoms with E-state index in [1.165, 1.54) is 0 Å². The zero-order valence-corrected chi connectivity index (χ0v) is 13.0. The highest BCUT2D eigenvalue weighted by Gasteiger charge is 2.22. The van der Waals surface area contributed by atoms with E-state index < -0.39 is 5.60 Å². The van der Waals surface area contributed by atoms with E-state index in [9.17, 15) is 5.11 Å². The van der Waals surface area contributed by atoms with Crippen LogP contribution in [0.4, 0.5) is 0 Å². The van der Waals surface area contributed by atoms with Gasteiger partial charge in [0.25, 0.3) is 0 Å². The Labute approximate surface area is 121 Å². The van der Waals surface area contributed by atoms with Crippen molar-refractivity contribution in [3.8, 4) is 0 Å². The first kappa shape index (κ1) is 16.5. The fourth-order valence-electron chi connectivity index (χ4n) is 1.81. The molecule has 1 rings (SSSR count). The monoisotopic (exact) mass is 281 g/mol. The third-order valence-electron chi connectivity index (χ3n) is 3.57. The van der Waals surface area contributed by atoms with Gasteiger partial charge in [-0.2, -0.15) is 5.10 Å². The summed E-state index contributed by atoms with van der Waals surface area (Å²) < 4.78 is 1.81. The maximum Gasteiger partial charge on any atom is 0.191 e. The Bertz CT molecular complexity index is 423. The molecule has 0 saturated carbocycles. The SMILES string of the molecule is CCNC(=NCc1ccnn1C)NCC(O)(CC)CC. The Balaban J connectivity index is 2.62. The van der Waals surface area contributed by atoms with Crippen molar-refractivity contribution >= 4 is 5.96 Å². The molecule has 0 saturated heterocycles. The standard InChI is InChI=1S/C14H27N5O/c1-5-14(20,6-2)11-17-13(15-7-3)16-10-12-8-9-18-19(12)4/h8-9,20H,5-7,10-11H2,1-4H3,(H2,15,16,17). The highest BCUT2D eigenvalue weighted by molar-refractivity contribution is 5.79. The van der Waals surface area contributed by atoms with E-state index in [2.05, 4.69) is 20.7 Å². The van der Waals surface area contributed by atoms with Crippen molar-refractivity contribution in [2.75, 3.05) is 13.1 Å². The molecule has 20 heavy (non-hydrogen) atoms. The molecule has 0 atom stereocenters. The quantitative estimate of drug-likeness (QED) is 0.515. The number of guanidine groups is 1. The van der Waals surface area contributed by atoms with Gasteiger partial charge < -0.3 is 15.7 Å². The van der Waals surface area contributed by atoms with Gasteiger partial charge in [0.15, 0.2) is 5.96 Å². The van der Waals surface area contributed by atoms with Crippen molar-refractivity contribution in [1.29, 1.82) is 0 Å². The number of rotatable bonds is 7. The molecule has 0 aliphatic heterocycles. The summed E-state index contributed by atoms with van der Waals surface area (Å²) in [7, 11) is 1.90. The molecule has 0 unspecified atom stereocenters. The Morgan fingerprint density at radius 3 is 2.55 bits per heavy atom. The minimum absolute atomic E-state index is 0.497. The average Bonchev–Trinajstić information content (AvgIpc) is 2.87. The summed E-state index contributed by atoms with van der Waals surface area (Å²) in [5.41, 5.74) is 0.367. The lowest BCUT2D eigenvalue weighted by Crippen LogP contribution is -2.46. The predicted octanol–water partition coefficient (Wildman–Crippen LogP) is 1.03. The van der Waals surface area contributed by atoms with Gasteiger partial charge >= 0.3 is 0 Å². The highest BCUT2D eigenvalue weighted by Crippen LogP contribution is 2.12. The summed E-state index contributed by atoms with van der Waals surface area (Å²) in [6, 6.07) is 1.95. The first-order chi connectivity index (χ1) is 9.54. The average molecular weight is 281 g/mol. The second kappa shape index (κ2) is 7.89. The van der Waals surface area contributed by atoms with Crippen LogP contribution in [0.3, 0.4) is 0 Å². The van der Waals surface area contributed by atoms with E-state index in [4.69, 9.17) is 0 Å². The molecule has 0 bridgehead atoms. The van der Waals surface area contributed by atoms with Crippen molar-refractivity contribution < 1.29 is 5.11 Å². The van der Waals surface area contributed by atoms with Crippen LogP contribution in [0.1, 0.15) is 39.3 Å². The van der Waals surface area contributed by atoms with Crippen LogP contribution in [-0.2, 0) is 13.6 Å². The van der Waals surface area contributed by atoms with Gasteiger partial charge in [0.2, 0.25) is 0 Å². The Morgan fingerprint density at radius 1 is 1.35 bits per heavy atom. The van der Waals surface area contributed by atoms with Gasteiger partial charge in [0.05, 0.1) is 17.8 Å². The summed E-state index contributed by atoms with van der Waals surface area (Å²) in [5.74, 6) is 0.717. The molecule has 6 heteroatoms. The van der Waals surface area contributed by atoms with E-state index in [-0.39, 0.29) is 0 Å². The molecule has 1 aromatic heterocycles. The maximum atomic E-state index is 10.3. The molecule has 0 spiro atoms. The zero-order valence-electron chi connectivity index (χ0n) is 13.0. The van der Waals surface area contributed by atoms with Gasteiger partial charge in [-0.05, 0) is 25.8 Å². The van der Waals surface area contributed by atoms with Crippen LogP contribution in [0, 0.1) is 0 Å². The van der Waals surface area contributed by atoms with E-state index >= 15 is 0 Å². The van der Waals surface area contributed by atoms with E-state index in [1.807, 2.05) is 38.6 Å². The molecule has 1 heterocycles. The molecule has 6 nitrogen and oxygen atoms in total. The molecule has 0 fully saturated rings. The third kappa shape index (κ3) is 4.85. The smallest absolute Gasteiger partial charge is 0.191 e. The third-order valence-corrected chi connectivity index (χ3v) is 3.57. The van der Waals surface area contributed by atoms with Crippen molar-refractivity contribution in [2.45, 2.75) is 45.8 Å². The van der Waals surface area contributed by atoms with E-state index in [1.54, 1.807) is 6.20 Å². The summed E-state index contributed by atoms with van der Waals surface area (Å²) in [5, 5.41) is 20.8. The van der Waals surface area contributed by atoms with E-state index in [0.717, 1.165) is 25.1 Å². The van der Waals surface area contributed by atoms with Crippen LogP contribution in [0.2, 0.25) is 0 Å². The van der Waals surface area contributed by atoms with Gasteiger partial charge in [0.1, 0.15) is 0 Å². The first-order valence-corrected chi connectivity index (χ1v) is 7.26. The van der Waals surface area contributed by atoms with Crippen LogP contribution >= 0.6 is 0 Å². The maximum absolute atomic E-state index is 10.3. The molecule has 0 aliphatic rings. The minimum atomic E-state index is -0.678. The first-order valence-electron chi connectivity index (χ1n) is 7.26. The lowest BCUT2D eigenvalue weighted by atomic mass is 9.98. The lowest BCUT2D eigenvalue weighted by Gasteiger charge is -2.26. The number of hydrogen-bond donors (Lipinski definition) is 3. The normalized spacial score (nSPS) is 12.6. The molecule has 0 radical (unpaired) electrons.